The molecule has 1 aromatic carbocycles. The summed E-state index contributed by atoms with van der Waals surface area (Å²) in [5.41, 5.74) is 1.27. The Labute approximate surface area is 147 Å². The number of benzene rings is 1. The summed E-state index contributed by atoms with van der Waals surface area (Å²) in [7, 11) is 0. The van der Waals surface area contributed by atoms with E-state index in [2.05, 4.69) is 10.6 Å². The SMILES string of the molecule is CC(=O)Nc1ccc(N[C@H](C)C(=O)N2C[C@@H](C)O[C@H](C)C2)cc1Cl. The van der Waals surface area contributed by atoms with Crippen molar-refractivity contribution in [3.05, 3.63) is 23.2 Å². The number of hydrogen-bond donors (Lipinski definition) is 2. The number of hydrogen-bond acceptors (Lipinski definition) is 4. The molecule has 1 heterocycles. The van der Waals surface area contributed by atoms with Crippen LogP contribution in [-0.4, -0.2) is 48.1 Å². The molecule has 6 nitrogen and oxygen atoms in total. The highest BCUT2D eigenvalue weighted by atomic mass is 35.5. The first-order valence-corrected chi connectivity index (χ1v) is 8.42. The van der Waals surface area contributed by atoms with Crippen LogP contribution in [0.4, 0.5) is 11.4 Å². The summed E-state index contributed by atoms with van der Waals surface area (Å²) in [5, 5.41) is 6.23. The summed E-state index contributed by atoms with van der Waals surface area (Å²) in [5.74, 6) is -0.157. The van der Waals surface area contributed by atoms with Crippen LogP contribution >= 0.6 is 11.6 Å². The van der Waals surface area contributed by atoms with E-state index in [1.165, 1.54) is 6.92 Å². The zero-order chi connectivity index (χ0) is 17.9. The first kappa shape index (κ1) is 18.5. The molecule has 1 aliphatic rings. The largest absolute Gasteiger partial charge is 0.374 e. The van der Waals surface area contributed by atoms with Crippen LogP contribution in [0.2, 0.25) is 5.02 Å². The average molecular weight is 354 g/mol. The van der Waals surface area contributed by atoms with Crippen molar-refractivity contribution >= 4 is 34.8 Å². The number of amides is 2. The molecule has 24 heavy (non-hydrogen) atoms. The minimum atomic E-state index is -0.384. The van der Waals surface area contributed by atoms with Crippen molar-refractivity contribution in [1.29, 1.82) is 0 Å². The molecule has 0 aliphatic carbocycles. The van der Waals surface area contributed by atoms with Gasteiger partial charge in [-0.15, -0.1) is 0 Å². The van der Waals surface area contributed by atoms with Gasteiger partial charge in [-0.2, -0.15) is 0 Å². The van der Waals surface area contributed by atoms with Gasteiger partial charge in [-0.05, 0) is 39.0 Å². The van der Waals surface area contributed by atoms with Gasteiger partial charge in [0.15, 0.2) is 0 Å². The van der Waals surface area contributed by atoms with Crippen LogP contribution in [0.15, 0.2) is 18.2 Å². The van der Waals surface area contributed by atoms with Crippen LogP contribution in [0.5, 0.6) is 0 Å². The van der Waals surface area contributed by atoms with Gasteiger partial charge in [0.05, 0.1) is 22.9 Å². The van der Waals surface area contributed by atoms with Crippen molar-refractivity contribution in [2.75, 3.05) is 23.7 Å². The molecule has 1 aromatic rings. The lowest BCUT2D eigenvalue weighted by Gasteiger charge is -2.36. The van der Waals surface area contributed by atoms with E-state index in [4.69, 9.17) is 16.3 Å². The second-order valence-corrected chi connectivity index (χ2v) is 6.65. The Hall–Kier alpha value is -1.79. The average Bonchev–Trinajstić information content (AvgIpc) is 2.48. The maximum atomic E-state index is 12.6. The number of nitrogens with one attached hydrogen (secondary N) is 2. The molecule has 2 N–H and O–H groups in total. The smallest absolute Gasteiger partial charge is 0.244 e. The summed E-state index contributed by atoms with van der Waals surface area (Å²) >= 11 is 6.16. The van der Waals surface area contributed by atoms with Crippen LogP contribution in [0.1, 0.15) is 27.7 Å². The molecular formula is C17H24ClN3O3. The lowest BCUT2D eigenvalue weighted by Crippen LogP contribution is -2.52. The molecule has 1 saturated heterocycles. The topological polar surface area (TPSA) is 70.7 Å². The number of carbonyl (C=O) groups is 2. The van der Waals surface area contributed by atoms with Gasteiger partial charge in [-0.1, -0.05) is 11.6 Å². The molecule has 0 bridgehead atoms. The molecule has 0 saturated carbocycles. The van der Waals surface area contributed by atoms with Crippen molar-refractivity contribution in [2.24, 2.45) is 0 Å². The number of rotatable bonds is 4. The van der Waals surface area contributed by atoms with Gasteiger partial charge in [-0.25, -0.2) is 0 Å². The summed E-state index contributed by atoms with van der Waals surface area (Å²) < 4.78 is 5.66. The van der Waals surface area contributed by atoms with E-state index in [1.54, 1.807) is 18.2 Å². The number of ether oxygens (including phenoxy) is 1. The second kappa shape index (κ2) is 7.85. The van der Waals surface area contributed by atoms with E-state index in [1.807, 2.05) is 25.7 Å². The van der Waals surface area contributed by atoms with E-state index in [0.717, 1.165) is 5.69 Å². The highest BCUT2D eigenvalue weighted by Crippen LogP contribution is 2.26. The highest BCUT2D eigenvalue weighted by molar-refractivity contribution is 6.34. The first-order valence-electron chi connectivity index (χ1n) is 8.04. The lowest BCUT2D eigenvalue weighted by atomic mass is 10.2. The Morgan fingerprint density at radius 1 is 1.29 bits per heavy atom. The standard InChI is InChI=1S/C17H24ClN3O3/c1-10-8-21(9-11(2)24-10)17(23)12(3)19-14-5-6-16(15(18)7-14)20-13(4)22/h5-7,10-12,19H,8-9H2,1-4H3,(H,20,22)/t10-,11-,12-/m1/s1. The van der Waals surface area contributed by atoms with Crippen LogP contribution < -0.4 is 10.6 Å². The molecule has 0 aromatic heterocycles. The van der Waals surface area contributed by atoms with E-state index in [9.17, 15) is 9.59 Å². The third-order valence-electron chi connectivity index (χ3n) is 3.76. The number of halogens is 1. The molecule has 2 amide bonds. The number of carbonyl (C=O) groups excluding carboxylic acids is 2. The quantitative estimate of drug-likeness (QED) is 0.873. The van der Waals surface area contributed by atoms with Crippen LogP contribution in [0.3, 0.4) is 0 Å². The Kier molecular flexibility index (Phi) is 6.07. The maximum Gasteiger partial charge on any atom is 0.244 e. The van der Waals surface area contributed by atoms with Gasteiger partial charge in [0.25, 0.3) is 0 Å². The molecule has 0 radical (unpaired) electrons. The third kappa shape index (κ3) is 4.85. The Morgan fingerprint density at radius 2 is 1.92 bits per heavy atom. The van der Waals surface area contributed by atoms with E-state index < -0.39 is 0 Å². The lowest BCUT2D eigenvalue weighted by molar-refractivity contribution is -0.143. The van der Waals surface area contributed by atoms with Crippen molar-refractivity contribution in [1.82, 2.24) is 4.90 Å². The van der Waals surface area contributed by atoms with Gasteiger partial charge in [-0.3, -0.25) is 9.59 Å². The van der Waals surface area contributed by atoms with E-state index in [-0.39, 0.29) is 30.1 Å². The molecule has 7 heteroatoms. The van der Waals surface area contributed by atoms with Crippen molar-refractivity contribution in [3.8, 4) is 0 Å². The minimum Gasteiger partial charge on any atom is -0.374 e. The zero-order valence-electron chi connectivity index (χ0n) is 14.4. The van der Waals surface area contributed by atoms with Gasteiger partial charge < -0.3 is 20.3 Å². The molecule has 0 spiro atoms. The van der Waals surface area contributed by atoms with Crippen molar-refractivity contribution in [2.45, 2.75) is 45.9 Å². The fraction of sp³-hybridized carbons (Fsp3) is 0.529. The molecule has 1 fully saturated rings. The van der Waals surface area contributed by atoms with E-state index >= 15 is 0 Å². The predicted octanol–water partition coefficient (Wildman–Crippen LogP) is 2.73. The van der Waals surface area contributed by atoms with Gasteiger partial charge in [0.2, 0.25) is 11.8 Å². The third-order valence-corrected chi connectivity index (χ3v) is 4.08. The van der Waals surface area contributed by atoms with Crippen LogP contribution in [0, 0.1) is 0 Å². The zero-order valence-corrected chi connectivity index (χ0v) is 15.2. The monoisotopic (exact) mass is 353 g/mol. The van der Waals surface area contributed by atoms with Gasteiger partial charge >= 0.3 is 0 Å². The fourth-order valence-corrected chi connectivity index (χ4v) is 3.07. The summed E-state index contributed by atoms with van der Waals surface area (Å²) in [4.78, 5) is 25.5. The predicted molar refractivity (Wildman–Crippen MR) is 95.4 cm³/mol. The minimum absolute atomic E-state index is 0.0269. The molecule has 3 atom stereocenters. The molecule has 132 valence electrons. The van der Waals surface area contributed by atoms with Gasteiger partial charge in [0.1, 0.15) is 6.04 Å². The van der Waals surface area contributed by atoms with Crippen LogP contribution in [0.25, 0.3) is 0 Å². The Morgan fingerprint density at radius 3 is 2.46 bits per heavy atom. The second-order valence-electron chi connectivity index (χ2n) is 6.24. The highest BCUT2D eigenvalue weighted by Gasteiger charge is 2.28. The van der Waals surface area contributed by atoms with Crippen LogP contribution in [-0.2, 0) is 14.3 Å². The Balaban J connectivity index is 2.01. The first-order chi connectivity index (χ1) is 11.3. The summed E-state index contributed by atoms with van der Waals surface area (Å²) in [6.45, 7) is 8.37. The molecular weight excluding hydrogens is 330 g/mol. The van der Waals surface area contributed by atoms with Crippen molar-refractivity contribution < 1.29 is 14.3 Å². The number of nitrogens with zero attached hydrogens (tertiary/aromatic N) is 1. The number of anilines is 2. The molecule has 1 aliphatic heterocycles. The summed E-state index contributed by atoms with van der Waals surface area (Å²) in [6.07, 6.45) is 0.0765. The normalized spacial score (nSPS) is 22.0. The van der Waals surface area contributed by atoms with E-state index in [0.29, 0.717) is 23.8 Å². The molecule has 0 unspecified atom stereocenters. The maximum absolute atomic E-state index is 12.6. The Bertz CT molecular complexity index is 613. The number of morpholine rings is 1. The van der Waals surface area contributed by atoms with Crippen molar-refractivity contribution in [3.63, 3.8) is 0 Å². The summed E-state index contributed by atoms with van der Waals surface area (Å²) in [6, 6.07) is 4.81. The van der Waals surface area contributed by atoms with Gasteiger partial charge in [0, 0.05) is 25.7 Å². The molecule has 2 rings (SSSR count). The fourth-order valence-electron chi connectivity index (χ4n) is 2.84.